The van der Waals surface area contributed by atoms with E-state index in [0.717, 1.165) is 4.47 Å². The maximum Gasteiger partial charge on any atom is 0.339 e. The molecule has 0 aliphatic rings. The minimum absolute atomic E-state index is 0.0954. The number of carboxylic acid groups (broad SMARTS) is 1. The molecule has 7 heteroatoms. The Morgan fingerprint density at radius 2 is 2.05 bits per heavy atom. The van der Waals surface area contributed by atoms with E-state index in [9.17, 15) is 9.59 Å². The van der Waals surface area contributed by atoms with Crippen molar-refractivity contribution in [3.05, 3.63) is 51.9 Å². The molecule has 0 fully saturated rings. The molecule has 0 spiro atoms. The van der Waals surface area contributed by atoms with Crippen LogP contribution in [-0.4, -0.2) is 17.1 Å². The molecule has 0 radical (unpaired) electrons. The van der Waals surface area contributed by atoms with Crippen molar-refractivity contribution in [1.29, 1.82) is 0 Å². The van der Waals surface area contributed by atoms with Gasteiger partial charge in [-0.25, -0.2) is 9.59 Å². The molecule has 1 aromatic heterocycles. The third-order valence-electron chi connectivity index (χ3n) is 2.74. The zero-order chi connectivity index (χ0) is 15.4. The van der Waals surface area contributed by atoms with Crippen LogP contribution in [0.2, 0.25) is 0 Å². The molecule has 110 valence electrons. The molecule has 3 N–H and O–H groups in total. The van der Waals surface area contributed by atoms with Crippen LogP contribution in [0.4, 0.5) is 10.5 Å². The Hall–Kier alpha value is -2.28. The van der Waals surface area contributed by atoms with Gasteiger partial charge in [-0.15, -0.1) is 0 Å². The van der Waals surface area contributed by atoms with Crippen LogP contribution in [-0.2, 0) is 6.54 Å². The number of rotatable bonds is 4. The lowest BCUT2D eigenvalue weighted by atomic mass is 10.2. The second kappa shape index (κ2) is 6.45. The highest BCUT2D eigenvalue weighted by Crippen LogP contribution is 2.21. The molecule has 0 aliphatic carbocycles. The monoisotopic (exact) mass is 352 g/mol. The van der Waals surface area contributed by atoms with Gasteiger partial charge in [-0.3, -0.25) is 0 Å². The van der Waals surface area contributed by atoms with E-state index in [1.54, 1.807) is 19.1 Å². The summed E-state index contributed by atoms with van der Waals surface area (Å²) in [6.07, 6.45) is 0. The Balaban J connectivity index is 1.94. The normalized spacial score (nSPS) is 10.2. The van der Waals surface area contributed by atoms with Gasteiger partial charge in [-0.1, -0.05) is 12.1 Å². The fourth-order valence-electron chi connectivity index (χ4n) is 1.74. The number of furan rings is 1. The van der Waals surface area contributed by atoms with Gasteiger partial charge >= 0.3 is 12.0 Å². The van der Waals surface area contributed by atoms with Gasteiger partial charge in [0.25, 0.3) is 0 Å². The molecule has 0 saturated carbocycles. The maximum absolute atomic E-state index is 11.8. The molecule has 1 heterocycles. The average Bonchev–Trinajstić information content (AvgIpc) is 2.80. The summed E-state index contributed by atoms with van der Waals surface area (Å²) >= 11 is 3.32. The number of hydrogen-bond acceptors (Lipinski definition) is 3. The number of carbonyl (C=O) groups excluding carboxylic acids is 1. The number of nitrogens with one attached hydrogen (secondary N) is 2. The predicted octanol–water partition coefficient (Wildman–Crippen LogP) is 3.37. The first-order chi connectivity index (χ1) is 9.97. The number of halogens is 1. The molecular weight excluding hydrogens is 340 g/mol. The first-order valence-corrected chi connectivity index (χ1v) is 6.88. The van der Waals surface area contributed by atoms with Crippen LogP contribution >= 0.6 is 15.9 Å². The van der Waals surface area contributed by atoms with E-state index >= 15 is 0 Å². The lowest BCUT2D eigenvalue weighted by Gasteiger charge is -2.07. The molecule has 1 aromatic carbocycles. The highest BCUT2D eigenvalue weighted by Gasteiger charge is 2.14. The minimum Gasteiger partial charge on any atom is -0.478 e. The van der Waals surface area contributed by atoms with E-state index in [2.05, 4.69) is 26.6 Å². The van der Waals surface area contributed by atoms with Gasteiger partial charge in [0.05, 0.1) is 12.2 Å². The maximum atomic E-state index is 11.8. The zero-order valence-electron chi connectivity index (χ0n) is 11.1. The van der Waals surface area contributed by atoms with Crippen molar-refractivity contribution < 1.29 is 19.1 Å². The number of carbonyl (C=O) groups is 2. The molecular formula is C14H13BrN2O4. The van der Waals surface area contributed by atoms with Gasteiger partial charge in [-0.05, 0) is 41.1 Å². The van der Waals surface area contributed by atoms with Gasteiger partial charge < -0.3 is 20.2 Å². The summed E-state index contributed by atoms with van der Waals surface area (Å²) < 4.78 is 6.03. The van der Waals surface area contributed by atoms with Crippen LogP contribution in [0, 0.1) is 6.92 Å². The smallest absolute Gasteiger partial charge is 0.339 e. The van der Waals surface area contributed by atoms with E-state index in [4.69, 9.17) is 9.52 Å². The summed E-state index contributed by atoms with van der Waals surface area (Å²) in [7, 11) is 0. The van der Waals surface area contributed by atoms with Crippen LogP contribution < -0.4 is 10.6 Å². The van der Waals surface area contributed by atoms with Crippen LogP contribution in [0.3, 0.4) is 0 Å². The second-order valence-electron chi connectivity index (χ2n) is 4.28. The molecule has 0 aliphatic heterocycles. The number of carboxylic acids is 1. The molecule has 2 rings (SSSR count). The molecule has 6 nitrogen and oxygen atoms in total. The molecule has 2 amide bonds. The Morgan fingerprint density at radius 3 is 2.67 bits per heavy atom. The van der Waals surface area contributed by atoms with Gasteiger partial charge in [0.2, 0.25) is 0 Å². The quantitative estimate of drug-likeness (QED) is 0.786. The molecule has 0 saturated heterocycles. The van der Waals surface area contributed by atoms with Crippen molar-refractivity contribution in [3.63, 3.8) is 0 Å². The SMILES string of the molecule is Cc1oc(CNC(=O)Nc2ccccc2Br)cc1C(=O)O. The summed E-state index contributed by atoms with van der Waals surface area (Å²) in [5.74, 6) is -0.363. The highest BCUT2D eigenvalue weighted by atomic mass is 79.9. The molecule has 0 atom stereocenters. The van der Waals surface area contributed by atoms with E-state index < -0.39 is 12.0 Å². The molecule has 0 bridgehead atoms. The van der Waals surface area contributed by atoms with Crippen molar-refractivity contribution >= 4 is 33.6 Å². The Bertz CT molecular complexity index is 681. The van der Waals surface area contributed by atoms with Crippen LogP contribution in [0.25, 0.3) is 0 Å². The van der Waals surface area contributed by atoms with E-state index in [1.807, 2.05) is 12.1 Å². The number of para-hydroxylation sites is 1. The fourth-order valence-corrected chi connectivity index (χ4v) is 2.12. The summed E-state index contributed by atoms with van der Waals surface area (Å²) in [5, 5.41) is 14.2. The topological polar surface area (TPSA) is 91.6 Å². The van der Waals surface area contributed by atoms with Crippen LogP contribution in [0.15, 0.2) is 39.2 Å². The van der Waals surface area contributed by atoms with Crippen molar-refractivity contribution in [2.24, 2.45) is 0 Å². The third kappa shape index (κ3) is 3.85. The minimum atomic E-state index is -1.06. The lowest BCUT2D eigenvalue weighted by molar-refractivity contribution is 0.0695. The van der Waals surface area contributed by atoms with Crippen molar-refractivity contribution in [2.75, 3.05) is 5.32 Å². The number of urea groups is 1. The number of amides is 2. The Labute approximate surface area is 129 Å². The summed E-state index contributed by atoms with van der Waals surface area (Å²) in [4.78, 5) is 22.6. The summed E-state index contributed by atoms with van der Waals surface area (Å²) in [5.41, 5.74) is 0.731. The zero-order valence-corrected chi connectivity index (χ0v) is 12.7. The number of aryl methyl sites for hydroxylation is 1. The van der Waals surface area contributed by atoms with Gasteiger partial charge in [0.1, 0.15) is 17.1 Å². The first-order valence-electron chi connectivity index (χ1n) is 6.09. The Morgan fingerprint density at radius 1 is 1.33 bits per heavy atom. The largest absolute Gasteiger partial charge is 0.478 e. The molecule has 2 aromatic rings. The number of anilines is 1. The van der Waals surface area contributed by atoms with Gasteiger partial charge in [-0.2, -0.15) is 0 Å². The van der Waals surface area contributed by atoms with Crippen LogP contribution in [0.1, 0.15) is 21.9 Å². The molecule has 0 unspecified atom stereocenters. The van der Waals surface area contributed by atoms with E-state index in [0.29, 0.717) is 17.2 Å². The van der Waals surface area contributed by atoms with Gasteiger partial charge in [0.15, 0.2) is 0 Å². The standard InChI is InChI=1S/C14H13BrN2O4/c1-8-10(13(18)19)6-9(21-8)7-16-14(20)17-12-5-3-2-4-11(12)15/h2-6H,7H2,1H3,(H,18,19)(H2,16,17,20). The average molecular weight is 353 g/mol. The van der Waals surface area contributed by atoms with Crippen molar-refractivity contribution in [3.8, 4) is 0 Å². The lowest BCUT2D eigenvalue weighted by Crippen LogP contribution is -2.28. The Kier molecular flexibility index (Phi) is 4.64. The van der Waals surface area contributed by atoms with Crippen molar-refractivity contribution in [1.82, 2.24) is 5.32 Å². The van der Waals surface area contributed by atoms with Crippen LogP contribution in [0.5, 0.6) is 0 Å². The predicted molar refractivity (Wildman–Crippen MR) is 80.4 cm³/mol. The number of hydrogen-bond donors (Lipinski definition) is 3. The fraction of sp³-hybridized carbons (Fsp3) is 0.143. The highest BCUT2D eigenvalue weighted by molar-refractivity contribution is 9.10. The first kappa shape index (κ1) is 15.1. The number of aromatic carboxylic acids is 1. The third-order valence-corrected chi connectivity index (χ3v) is 3.44. The molecule has 21 heavy (non-hydrogen) atoms. The van der Waals surface area contributed by atoms with E-state index in [-0.39, 0.29) is 12.1 Å². The summed E-state index contributed by atoms with van der Waals surface area (Å²) in [6, 6.07) is 8.19. The van der Waals surface area contributed by atoms with Gasteiger partial charge in [0, 0.05) is 4.47 Å². The second-order valence-corrected chi connectivity index (χ2v) is 5.13. The van der Waals surface area contributed by atoms with Crippen molar-refractivity contribution in [2.45, 2.75) is 13.5 Å². The number of benzene rings is 1. The van der Waals surface area contributed by atoms with E-state index in [1.165, 1.54) is 6.07 Å². The summed E-state index contributed by atoms with van der Waals surface area (Å²) in [6.45, 7) is 1.67.